The van der Waals surface area contributed by atoms with Crippen LogP contribution < -0.4 is 20.1 Å². The molecule has 0 fully saturated rings. The topological polar surface area (TPSA) is 85.9 Å². The molecule has 31 heavy (non-hydrogen) atoms. The van der Waals surface area contributed by atoms with E-state index < -0.39 is 0 Å². The molecule has 0 unspecified atom stereocenters. The Hall–Kier alpha value is -3.13. The zero-order valence-electron chi connectivity index (χ0n) is 17.8. The van der Waals surface area contributed by atoms with Gasteiger partial charge in [0.1, 0.15) is 10.7 Å². The Morgan fingerprint density at radius 3 is 2.68 bits per heavy atom. The van der Waals surface area contributed by atoms with Gasteiger partial charge in [-0.25, -0.2) is 0 Å². The number of benzene rings is 2. The van der Waals surface area contributed by atoms with Crippen LogP contribution >= 0.6 is 11.8 Å². The predicted octanol–water partition coefficient (Wildman–Crippen LogP) is 3.96. The zero-order valence-corrected chi connectivity index (χ0v) is 18.6. The van der Waals surface area contributed by atoms with Crippen molar-refractivity contribution < 1.29 is 23.8 Å². The van der Waals surface area contributed by atoms with E-state index in [1.54, 1.807) is 38.3 Å². The van der Waals surface area contributed by atoms with E-state index >= 15 is 0 Å². The summed E-state index contributed by atoms with van der Waals surface area (Å²) >= 11 is 1.45. The SMILES string of the molecule is CCOc1ccc(CNC(=O)c2ccccc2NC(=O)C2=C(C)OCCS2)cc1OC. The molecule has 1 aliphatic heterocycles. The number of carbonyl (C=O) groups is 2. The van der Waals surface area contributed by atoms with E-state index in [2.05, 4.69) is 10.6 Å². The number of thioether (sulfide) groups is 1. The molecule has 164 valence electrons. The predicted molar refractivity (Wildman–Crippen MR) is 122 cm³/mol. The second-order valence-corrected chi connectivity index (χ2v) is 7.79. The Kier molecular flexibility index (Phi) is 7.83. The summed E-state index contributed by atoms with van der Waals surface area (Å²) in [7, 11) is 1.58. The maximum atomic E-state index is 12.8. The fourth-order valence-corrected chi connectivity index (χ4v) is 3.89. The Morgan fingerprint density at radius 1 is 1.13 bits per heavy atom. The summed E-state index contributed by atoms with van der Waals surface area (Å²) in [5, 5.41) is 5.73. The van der Waals surface area contributed by atoms with Gasteiger partial charge in [0.2, 0.25) is 0 Å². The summed E-state index contributed by atoms with van der Waals surface area (Å²) in [6.07, 6.45) is 0. The minimum absolute atomic E-state index is 0.279. The van der Waals surface area contributed by atoms with Gasteiger partial charge in [0.25, 0.3) is 11.8 Å². The average molecular weight is 443 g/mol. The minimum Gasteiger partial charge on any atom is -0.496 e. The normalized spacial score (nSPS) is 13.3. The van der Waals surface area contributed by atoms with Crippen LogP contribution in [-0.4, -0.2) is 37.9 Å². The van der Waals surface area contributed by atoms with Gasteiger partial charge >= 0.3 is 0 Å². The van der Waals surface area contributed by atoms with Crippen molar-refractivity contribution in [3.05, 3.63) is 64.3 Å². The maximum Gasteiger partial charge on any atom is 0.265 e. The second-order valence-electron chi connectivity index (χ2n) is 6.68. The summed E-state index contributed by atoms with van der Waals surface area (Å²) < 4.78 is 16.3. The standard InChI is InChI=1S/C23H26N2O5S/c1-4-29-19-10-9-16(13-20(19)28-3)14-24-22(26)17-7-5-6-8-18(17)25-23(27)21-15(2)30-11-12-31-21/h5-10,13H,4,11-12,14H2,1-3H3,(H,24,26)(H,25,27). The minimum atomic E-state index is -0.290. The van der Waals surface area contributed by atoms with Crippen molar-refractivity contribution in [2.75, 3.05) is 31.4 Å². The molecule has 7 nitrogen and oxygen atoms in total. The Labute approximate surface area is 186 Å². The van der Waals surface area contributed by atoms with Crippen molar-refractivity contribution in [2.45, 2.75) is 20.4 Å². The van der Waals surface area contributed by atoms with Gasteiger partial charge in [-0.15, -0.1) is 11.8 Å². The van der Waals surface area contributed by atoms with Crippen LogP contribution in [0.25, 0.3) is 0 Å². The summed E-state index contributed by atoms with van der Waals surface area (Å²) in [4.78, 5) is 26.0. The van der Waals surface area contributed by atoms with Crippen molar-refractivity contribution >= 4 is 29.3 Å². The lowest BCUT2D eigenvalue weighted by atomic mass is 10.1. The van der Waals surface area contributed by atoms with Gasteiger partial charge in [-0.1, -0.05) is 18.2 Å². The third-order valence-corrected chi connectivity index (χ3v) is 5.71. The number of allylic oxidation sites excluding steroid dienone is 1. The number of rotatable bonds is 8. The molecule has 0 saturated carbocycles. The molecule has 2 N–H and O–H groups in total. The van der Waals surface area contributed by atoms with E-state index in [-0.39, 0.29) is 11.8 Å². The third-order valence-electron chi connectivity index (χ3n) is 4.58. The second kappa shape index (κ2) is 10.8. The van der Waals surface area contributed by atoms with Gasteiger partial charge in [-0.3, -0.25) is 9.59 Å². The molecule has 8 heteroatoms. The summed E-state index contributed by atoms with van der Waals surface area (Å²) in [6.45, 7) is 5.10. The first-order valence-electron chi connectivity index (χ1n) is 9.98. The lowest BCUT2D eigenvalue weighted by Crippen LogP contribution is -2.25. The summed E-state index contributed by atoms with van der Waals surface area (Å²) in [6, 6.07) is 12.4. The fourth-order valence-electron chi connectivity index (χ4n) is 3.07. The average Bonchev–Trinajstić information content (AvgIpc) is 2.79. The Balaban J connectivity index is 1.69. The smallest absolute Gasteiger partial charge is 0.265 e. The van der Waals surface area contributed by atoms with Gasteiger partial charge in [0.05, 0.1) is 31.6 Å². The van der Waals surface area contributed by atoms with Gasteiger partial charge in [0, 0.05) is 12.3 Å². The number of nitrogens with one attached hydrogen (secondary N) is 2. The molecule has 2 aromatic carbocycles. The third kappa shape index (κ3) is 5.73. The first-order chi connectivity index (χ1) is 15.0. The fraction of sp³-hybridized carbons (Fsp3) is 0.304. The summed E-state index contributed by atoms with van der Waals surface area (Å²) in [5.74, 6) is 2.01. The maximum absolute atomic E-state index is 12.8. The molecule has 0 bridgehead atoms. The van der Waals surface area contributed by atoms with E-state index in [1.165, 1.54) is 11.8 Å². The van der Waals surface area contributed by atoms with Crippen molar-refractivity contribution in [1.29, 1.82) is 0 Å². The largest absolute Gasteiger partial charge is 0.496 e. The van der Waals surface area contributed by atoms with E-state index in [9.17, 15) is 9.59 Å². The molecule has 0 aliphatic carbocycles. The highest BCUT2D eigenvalue weighted by Gasteiger charge is 2.21. The van der Waals surface area contributed by atoms with Crippen LogP contribution in [0.1, 0.15) is 29.8 Å². The first kappa shape index (κ1) is 22.6. The van der Waals surface area contributed by atoms with Gasteiger partial charge in [0.15, 0.2) is 11.5 Å². The van der Waals surface area contributed by atoms with Crippen molar-refractivity contribution in [1.82, 2.24) is 5.32 Å². The number of methoxy groups -OCH3 is 1. The van der Waals surface area contributed by atoms with Crippen molar-refractivity contribution in [3.8, 4) is 11.5 Å². The molecule has 3 rings (SSSR count). The zero-order chi connectivity index (χ0) is 22.2. The number of hydrogen-bond acceptors (Lipinski definition) is 6. The molecular weight excluding hydrogens is 416 g/mol. The van der Waals surface area contributed by atoms with Crippen LogP contribution in [0.5, 0.6) is 11.5 Å². The molecule has 1 heterocycles. The number of ether oxygens (including phenoxy) is 3. The van der Waals surface area contributed by atoms with Crippen LogP contribution in [0.3, 0.4) is 0 Å². The molecule has 0 aromatic heterocycles. The molecule has 0 saturated heterocycles. The van der Waals surface area contributed by atoms with Gasteiger partial charge in [-0.2, -0.15) is 0 Å². The van der Waals surface area contributed by atoms with E-state index in [0.29, 0.717) is 58.9 Å². The molecule has 1 aliphatic rings. The number of amides is 2. The molecule has 2 amide bonds. The van der Waals surface area contributed by atoms with E-state index in [4.69, 9.17) is 14.2 Å². The van der Waals surface area contributed by atoms with Crippen molar-refractivity contribution in [2.24, 2.45) is 0 Å². The highest BCUT2D eigenvalue weighted by molar-refractivity contribution is 8.04. The number of para-hydroxylation sites is 1. The van der Waals surface area contributed by atoms with Crippen LogP contribution in [0.4, 0.5) is 5.69 Å². The van der Waals surface area contributed by atoms with Crippen molar-refractivity contribution in [3.63, 3.8) is 0 Å². The van der Waals surface area contributed by atoms with Crippen LogP contribution in [0.2, 0.25) is 0 Å². The van der Waals surface area contributed by atoms with E-state index in [0.717, 1.165) is 5.56 Å². The lowest BCUT2D eigenvalue weighted by Gasteiger charge is -2.18. The number of anilines is 1. The lowest BCUT2D eigenvalue weighted by molar-refractivity contribution is -0.112. The highest BCUT2D eigenvalue weighted by atomic mass is 32.2. The quantitative estimate of drug-likeness (QED) is 0.644. The van der Waals surface area contributed by atoms with Crippen LogP contribution in [-0.2, 0) is 16.1 Å². The molecule has 0 spiro atoms. The monoisotopic (exact) mass is 442 g/mol. The van der Waals surface area contributed by atoms with Crippen LogP contribution in [0.15, 0.2) is 53.1 Å². The molecule has 0 radical (unpaired) electrons. The number of hydrogen-bond donors (Lipinski definition) is 2. The Morgan fingerprint density at radius 2 is 1.94 bits per heavy atom. The number of carbonyl (C=O) groups excluding carboxylic acids is 2. The summed E-state index contributed by atoms with van der Waals surface area (Å²) in [5.41, 5.74) is 1.70. The highest BCUT2D eigenvalue weighted by Crippen LogP contribution is 2.29. The van der Waals surface area contributed by atoms with Gasteiger partial charge in [-0.05, 0) is 43.7 Å². The molecular formula is C23H26N2O5S. The molecule has 2 aromatic rings. The first-order valence-corrected chi connectivity index (χ1v) is 11.0. The molecule has 0 atom stereocenters. The van der Waals surface area contributed by atoms with E-state index in [1.807, 2.05) is 25.1 Å². The van der Waals surface area contributed by atoms with Gasteiger partial charge < -0.3 is 24.8 Å². The Bertz CT molecular complexity index is 990. The van der Waals surface area contributed by atoms with Crippen LogP contribution in [0, 0.1) is 0 Å².